The summed E-state index contributed by atoms with van der Waals surface area (Å²) in [5, 5.41) is 42.4. The molecule has 1 fully saturated rings. The summed E-state index contributed by atoms with van der Waals surface area (Å²) in [6.45, 7) is 0.670. The summed E-state index contributed by atoms with van der Waals surface area (Å²) in [7, 11) is -4.57. The summed E-state index contributed by atoms with van der Waals surface area (Å²) in [5.41, 5.74) is 0.781. The Bertz CT molecular complexity index is 1420. The van der Waals surface area contributed by atoms with E-state index in [0.717, 1.165) is 12.1 Å². The molecule has 12 nitrogen and oxygen atoms in total. The van der Waals surface area contributed by atoms with Crippen molar-refractivity contribution >= 4 is 38.2 Å². The van der Waals surface area contributed by atoms with Gasteiger partial charge in [-0.15, -0.1) is 5.11 Å². The summed E-state index contributed by atoms with van der Waals surface area (Å²) < 4.78 is 45.0. The number of azo groups is 1. The summed E-state index contributed by atoms with van der Waals surface area (Å²) in [6.07, 6.45) is -5.26. The molecule has 4 N–H and O–H groups in total. The van der Waals surface area contributed by atoms with Crippen molar-refractivity contribution in [3.63, 3.8) is 0 Å². The van der Waals surface area contributed by atoms with Crippen LogP contribution >= 0.6 is 0 Å². The van der Waals surface area contributed by atoms with E-state index in [1.807, 2.05) is 0 Å². The molecule has 0 radical (unpaired) electrons. The molecule has 1 aliphatic heterocycles. The molecule has 0 bridgehead atoms. The number of fused-ring (bicyclic) bond motifs is 1. The van der Waals surface area contributed by atoms with E-state index in [1.165, 1.54) is 19.1 Å². The third kappa shape index (κ3) is 6.75. The Labute approximate surface area is 240 Å². The standard InChI is InChI=1S/C24H25N3O9S.Na/c1-13(29)25-21-23(31)22(30)20(12-28)36-24(21)35-19-11-10-18(16-4-2-3-5-17(16)19)27-26-14-6-8-15(9-7-14)37(32,33)34;/h2-11,20-24,28,30-31H,12H2,1H3,(H,25,29)(H,32,33,34);/q;+1/p-1/t20-,21-,22-,23-,24-;/m1./s1. The molecule has 4 rings (SSSR count). The fraction of sp³-hybridized carbons (Fsp3) is 0.292. The first kappa shape index (κ1) is 30.1. The van der Waals surface area contributed by atoms with Crippen molar-refractivity contribution in [3.05, 3.63) is 60.7 Å². The van der Waals surface area contributed by atoms with Gasteiger partial charge in [-0.1, -0.05) is 24.3 Å². The SMILES string of the molecule is CC(=O)N[C@H]1[C@H](Oc2ccc(N=Nc3ccc(S(=O)(=O)[O-])cc3)c3ccccc23)O[C@H](CO)[C@@H](O)[C@@H]1O.[Na+]. The Hall–Kier alpha value is -2.46. The maximum atomic E-state index is 11.7. The molecule has 196 valence electrons. The van der Waals surface area contributed by atoms with E-state index in [4.69, 9.17) is 9.47 Å². The second kappa shape index (κ2) is 12.6. The first-order valence-corrected chi connectivity index (χ1v) is 12.5. The van der Waals surface area contributed by atoms with Crippen LogP contribution in [0.25, 0.3) is 10.8 Å². The second-order valence-corrected chi connectivity index (χ2v) is 9.71. The molecule has 5 atom stereocenters. The number of carbonyl (C=O) groups excluding carboxylic acids is 1. The van der Waals surface area contributed by atoms with Crippen LogP contribution in [0.3, 0.4) is 0 Å². The maximum Gasteiger partial charge on any atom is 1.00 e. The Balaban J connectivity index is 0.00000400. The number of carbonyl (C=O) groups is 1. The van der Waals surface area contributed by atoms with Gasteiger partial charge in [-0.25, -0.2) is 8.42 Å². The minimum absolute atomic E-state index is 0. The molecule has 0 saturated carbocycles. The van der Waals surface area contributed by atoms with Crippen LogP contribution in [0.2, 0.25) is 0 Å². The quantitative estimate of drug-likeness (QED) is 0.153. The van der Waals surface area contributed by atoms with E-state index >= 15 is 0 Å². The van der Waals surface area contributed by atoms with Crippen LogP contribution in [-0.2, 0) is 19.6 Å². The first-order valence-electron chi connectivity index (χ1n) is 11.1. The Morgan fingerprint density at radius 3 is 2.29 bits per heavy atom. The normalized spacial score (nSPS) is 23.7. The fourth-order valence-electron chi connectivity index (χ4n) is 3.93. The van der Waals surface area contributed by atoms with Crippen LogP contribution < -0.4 is 39.6 Å². The van der Waals surface area contributed by atoms with Crippen molar-refractivity contribution in [2.45, 2.75) is 42.5 Å². The van der Waals surface area contributed by atoms with Gasteiger partial charge in [-0.05, 0) is 36.4 Å². The van der Waals surface area contributed by atoms with E-state index in [-0.39, 0.29) is 34.5 Å². The monoisotopic (exact) mass is 553 g/mol. The van der Waals surface area contributed by atoms with Gasteiger partial charge in [0.2, 0.25) is 12.2 Å². The zero-order chi connectivity index (χ0) is 26.7. The molecule has 38 heavy (non-hydrogen) atoms. The van der Waals surface area contributed by atoms with Crippen LogP contribution in [0, 0.1) is 0 Å². The van der Waals surface area contributed by atoms with E-state index in [0.29, 0.717) is 27.9 Å². The fourth-order valence-corrected chi connectivity index (χ4v) is 4.40. The van der Waals surface area contributed by atoms with Crippen LogP contribution in [-0.4, -0.2) is 71.4 Å². The largest absolute Gasteiger partial charge is 1.00 e. The van der Waals surface area contributed by atoms with E-state index < -0.39 is 53.3 Å². The molecule has 1 saturated heterocycles. The number of hydrogen-bond acceptors (Lipinski definition) is 11. The summed E-state index contributed by atoms with van der Waals surface area (Å²) >= 11 is 0. The van der Waals surface area contributed by atoms with Crippen molar-refractivity contribution in [3.8, 4) is 5.75 Å². The zero-order valence-electron chi connectivity index (χ0n) is 20.5. The topological polar surface area (TPSA) is 190 Å². The molecule has 0 unspecified atom stereocenters. The number of hydrogen-bond donors (Lipinski definition) is 4. The van der Waals surface area contributed by atoms with Crippen LogP contribution in [0.5, 0.6) is 5.75 Å². The zero-order valence-corrected chi connectivity index (χ0v) is 23.3. The molecule has 1 heterocycles. The molecular weight excluding hydrogens is 529 g/mol. The van der Waals surface area contributed by atoms with Crippen LogP contribution in [0.4, 0.5) is 11.4 Å². The summed E-state index contributed by atoms with van der Waals surface area (Å²) in [4.78, 5) is 11.3. The van der Waals surface area contributed by atoms with Gasteiger partial charge in [0, 0.05) is 17.7 Å². The van der Waals surface area contributed by atoms with Crippen molar-refractivity contribution in [2.75, 3.05) is 6.61 Å². The molecule has 3 aromatic rings. The van der Waals surface area contributed by atoms with E-state index in [2.05, 4.69) is 15.5 Å². The van der Waals surface area contributed by atoms with Crippen molar-refractivity contribution < 1.29 is 72.1 Å². The average Bonchev–Trinajstić information content (AvgIpc) is 2.87. The summed E-state index contributed by atoms with van der Waals surface area (Å²) in [6, 6.07) is 14.1. The van der Waals surface area contributed by atoms with Gasteiger partial charge < -0.3 is 34.7 Å². The second-order valence-electron chi connectivity index (χ2n) is 8.33. The number of amides is 1. The molecule has 14 heteroatoms. The molecule has 3 aromatic carbocycles. The number of nitrogens with one attached hydrogen (secondary N) is 1. The smallest absolute Gasteiger partial charge is 0.744 e. The van der Waals surface area contributed by atoms with E-state index in [1.54, 1.807) is 36.4 Å². The number of aliphatic hydroxyl groups is 3. The van der Waals surface area contributed by atoms with Gasteiger partial charge in [-0.3, -0.25) is 4.79 Å². The van der Waals surface area contributed by atoms with Gasteiger partial charge in [-0.2, -0.15) is 5.11 Å². The number of rotatable bonds is 7. The predicted molar refractivity (Wildman–Crippen MR) is 129 cm³/mol. The van der Waals surface area contributed by atoms with E-state index in [9.17, 15) is 33.1 Å². The number of nitrogens with zero attached hydrogens (tertiary/aromatic N) is 2. The van der Waals surface area contributed by atoms with Crippen molar-refractivity contribution in [1.29, 1.82) is 0 Å². The minimum Gasteiger partial charge on any atom is -0.744 e. The first-order chi connectivity index (χ1) is 17.6. The number of benzene rings is 3. The Morgan fingerprint density at radius 1 is 1.03 bits per heavy atom. The number of ether oxygens (including phenoxy) is 2. The predicted octanol–water partition coefficient (Wildman–Crippen LogP) is -1.51. The molecular formula is C24H24N3NaO9S. The maximum absolute atomic E-state index is 11.7. The van der Waals surface area contributed by atoms with Gasteiger partial charge in [0.25, 0.3) is 0 Å². The van der Waals surface area contributed by atoms with Crippen LogP contribution in [0.1, 0.15) is 6.92 Å². The van der Waals surface area contributed by atoms with Crippen molar-refractivity contribution in [2.24, 2.45) is 10.2 Å². The molecule has 1 amide bonds. The van der Waals surface area contributed by atoms with Gasteiger partial charge in [0.05, 0.1) is 22.9 Å². The summed E-state index contributed by atoms with van der Waals surface area (Å²) in [5.74, 6) is -0.155. The van der Waals surface area contributed by atoms with Crippen molar-refractivity contribution in [1.82, 2.24) is 5.32 Å². The van der Waals surface area contributed by atoms with Gasteiger partial charge in [0.1, 0.15) is 40.2 Å². The molecule has 0 aliphatic carbocycles. The van der Waals surface area contributed by atoms with Gasteiger partial charge >= 0.3 is 29.6 Å². The third-order valence-electron chi connectivity index (χ3n) is 5.75. The van der Waals surface area contributed by atoms with Gasteiger partial charge in [0.15, 0.2) is 0 Å². The average molecular weight is 554 g/mol. The van der Waals surface area contributed by atoms with Crippen LogP contribution in [0.15, 0.2) is 75.8 Å². The minimum atomic E-state index is -4.57. The molecule has 0 aromatic heterocycles. The third-order valence-corrected chi connectivity index (χ3v) is 6.60. The Morgan fingerprint density at radius 2 is 1.68 bits per heavy atom. The number of aliphatic hydroxyl groups excluding tert-OH is 3. The molecule has 0 spiro atoms. The Kier molecular flexibility index (Phi) is 9.97. The molecule has 1 aliphatic rings.